The van der Waals surface area contributed by atoms with Crippen molar-refractivity contribution in [2.45, 2.75) is 6.54 Å². The maximum absolute atomic E-state index is 5.88. The number of aromatic nitrogens is 3. The molecule has 2 N–H and O–H groups in total. The van der Waals surface area contributed by atoms with Gasteiger partial charge in [-0.15, -0.1) is 5.10 Å². The Hall–Kier alpha value is -3.06. The fraction of sp³-hybridized carbons (Fsp3) is 0.167. The largest absolute Gasteiger partial charge is 0.493 e. The minimum Gasteiger partial charge on any atom is -0.493 e. The predicted molar refractivity (Wildman–Crippen MR) is 101 cm³/mol. The molecule has 0 fully saturated rings. The zero-order chi connectivity index (χ0) is 18.4. The summed E-state index contributed by atoms with van der Waals surface area (Å²) >= 11 is 5.88. The average Bonchev–Trinajstić information content (AvgIpc) is 2.68. The van der Waals surface area contributed by atoms with E-state index in [0.717, 1.165) is 11.3 Å². The lowest BCUT2D eigenvalue weighted by Gasteiger charge is -2.11. The Labute approximate surface area is 156 Å². The van der Waals surface area contributed by atoms with Crippen molar-refractivity contribution >= 4 is 29.1 Å². The van der Waals surface area contributed by atoms with Gasteiger partial charge in [0.25, 0.3) is 0 Å². The number of ether oxygens (including phenoxy) is 2. The Morgan fingerprint density at radius 2 is 1.77 bits per heavy atom. The first-order valence-electron chi connectivity index (χ1n) is 7.85. The Morgan fingerprint density at radius 1 is 1.00 bits per heavy atom. The third-order valence-electron chi connectivity index (χ3n) is 3.58. The fourth-order valence-electron chi connectivity index (χ4n) is 2.29. The highest BCUT2D eigenvalue weighted by atomic mass is 35.5. The maximum atomic E-state index is 5.88. The predicted octanol–water partition coefficient (Wildman–Crippen LogP) is 3.90. The molecule has 0 aliphatic rings. The number of methoxy groups -OCH3 is 2. The number of halogens is 1. The van der Waals surface area contributed by atoms with Gasteiger partial charge in [0, 0.05) is 17.3 Å². The van der Waals surface area contributed by atoms with E-state index < -0.39 is 0 Å². The smallest absolute Gasteiger partial charge is 0.249 e. The molecule has 0 radical (unpaired) electrons. The lowest BCUT2D eigenvalue weighted by atomic mass is 10.2. The van der Waals surface area contributed by atoms with Gasteiger partial charge in [0.15, 0.2) is 17.3 Å². The van der Waals surface area contributed by atoms with E-state index in [9.17, 15) is 0 Å². The van der Waals surface area contributed by atoms with E-state index in [2.05, 4.69) is 25.8 Å². The molecule has 0 spiro atoms. The molecule has 1 aromatic heterocycles. The molecule has 7 nitrogen and oxygen atoms in total. The minimum absolute atomic E-state index is 0.393. The van der Waals surface area contributed by atoms with Crippen LogP contribution in [0.3, 0.4) is 0 Å². The van der Waals surface area contributed by atoms with Crippen molar-refractivity contribution in [1.82, 2.24) is 15.2 Å². The number of nitrogens with zero attached hydrogens (tertiary/aromatic N) is 3. The molecule has 0 unspecified atom stereocenters. The molecule has 0 amide bonds. The molecule has 8 heteroatoms. The summed E-state index contributed by atoms with van der Waals surface area (Å²) in [7, 11) is 3.22. The highest BCUT2D eigenvalue weighted by Gasteiger charge is 2.06. The summed E-state index contributed by atoms with van der Waals surface area (Å²) in [6.45, 7) is 0.555. The van der Waals surface area contributed by atoms with Crippen LogP contribution in [0.25, 0.3) is 0 Å². The molecule has 2 aromatic carbocycles. The third-order valence-corrected chi connectivity index (χ3v) is 3.83. The van der Waals surface area contributed by atoms with Crippen molar-refractivity contribution < 1.29 is 9.47 Å². The van der Waals surface area contributed by atoms with Crippen LogP contribution in [-0.4, -0.2) is 29.4 Å². The molecule has 0 aliphatic carbocycles. The first kappa shape index (κ1) is 17.8. The maximum Gasteiger partial charge on any atom is 0.249 e. The van der Waals surface area contributed by atoms with Gasteiger partial charge in [0.05, 0.1) is 20.4 Å². The van der Waals surface area contributed by atoms with Crippen LogP contribution in [0.1, 0.15) is 5.56 Å². The van der Waals surface area contributed by atoms with E-state index in [1.807, 2.05) is 30.3 Å². The Bertz CT molecular complexity index is 874. The first-order valence-corrected chi connectivity index (χ1v) is 8.23. The van der Waals surface area contributed by atoms with Gasteiger partial charge in [-0.1, -0.05) is 17.7 Å². The van der Waals surface area contributed by atoms with Gasteiger partial charge >= 0.3 is 0 Å². The zero-order valence-electron chi connectivity index (χ0n) is 14.4. The van der Waals surface area contributed by atoms with E-state index in [-0.39, 0.29) is 0 Å². The zero-order valence-corrected chi connectivity index (χ0v) is 15.1. The second-order valence-corrected chi connectivity index (χ2v) is 5.78. The third kappa shape index (κ3) is 4.52. The van der Waals surface area contributed by atoms with Gasteiger partial charge in [0.1, 0.15) is 0 Å². The van der Waals surface area contributed by atoms with Crippen LogP contribution in [0, 0.1) is 0 Å². The standard InChI is InChI=1S/C18H18ClN5O2/c1-25-15-8-3-12(9-16(15)26-2)10-20-17-11-21-24-18(23-17)22-14-6-4-13(19)5-7-14/h3-9,11H,10H2,1-2H3,(H2,20,22,23,24). The number of benzene rings is 2. The number of rotatable bonds is 7. The van der Waals surface area contributed by atoms with Crippen LogP contribution in [-0.2, 0) is 6.54 Å². The second kappa shape index (κ2) is 8.35. The molecule has 0 bridgehead atoms. The van der Waals surface area contributed by atoms with E-state index in [0.29, 0.717) is 34.8 Å². The highest BCUT2D eigenvalue weighted by molar-refractivity contribution is 6.30. The van der Waals surface area contributed by atoms with Crippen LogP contribution in [0.2, 0.25) is 5.02 Å². The fourth-order valence-corrected chi connectivity index (χ4v) is 2.41. The van der Waals surface area contributed by atoms with Gasteiger partial charge in [-0.05, 0) is 42.0 Å². The molecule has 3 rings (SSSR count). The minimum atomic E-state index is 0.393. The molecule has 0 saturated heterocycles. The molecule has 26 heavy (non-hydrogen) atoms. The van der Waals surface area contributed by atoms with Gasteiger partial charge in [-0.2, -0.15) is 10.1 Å². The Balaban J connectivity index is 1.66. The van der Waals surface area contributed by atoms with Crippen LogP contribution >= 0.6 is 11.6 Å². The van der Waals surface area contributed by atoms with Gasteiger partial charge < -0.3 is 20.1 Å². The number of hydrogen-bond donors (Lipinski definition) is 2. The summed E-state index contributed by atoms with van der Waals surface area (Å²) in [6.07, 6.45) is 1.56. The van der Waals surface area contributed by atoms with Crippen LogP contribution in [0.5, 0.6) is 11.5 Å². The van der Waals surface area contributed by atoms with Crippen molar-refractivity contribution in [2.75, 3.05) is 24.9 Å². The lowest BCUT2D eigenvalue weighted by Crippen LogP contribution is -2.06. The molecular weight excluding hydrogens is 354 g/mol. The molecule has 1 heterocycles. The summed E-state index contributed by atoms with van der Waals surface area (Å²) in [4.78, 5) is 4.40. The molecular formula is C18H18ClN5O2. The average molecular weight is 372 g/mol. The molecule has 134 valence electrons. The summed E-state index contributed by atoms with van der Waals surface area (Å²) < 4.78 is 10.6. The molecule has 0 saturated carbocycles. The normalized spacial score (nSPS) is 10.3. The number of anilines is 3. The lowest BCUT2D eigenvalue weighted by molar-refractivity contribution is 0.354. The molecule has 0 aliphatic heterocycles. The number of hydrogen-bond acceptors (Lipinski definition) is 7. The van der Waals surface area contributed by atoms with E-state index in [1.54, 1.807) is 32.5 Å². The highest BCUT2D eigenvalue weighted by Crippen LogP contribution is 2.27. The Morgan fingerprint density at radius 3 is 2.50 bits per heavy atom. The van der Waals surface area contributed by atoms with Crippen molar-refractivity contribution in [3.63, 3.8) is 0 Å². The van der Waals surface area contributed by atoms with E-state index in [1.165, 1.54) is 0 Å². The monoisotopic (exact) mass is 371 g/mol. The van der Waals surface area contributed by atoms with Crippen LogP contribution in [0.15, 0.2) is 48.7 Å². The Kier molecular flexibility index (Phi) is 5.70. The summed E-state index contributed by atoms with van der Waals surface area (Å²) in [5.41, 5.74) is 1.85. The molecule has 3 aromatic rings. The summed E-state index contributed by atoms with van der Waals surface area (Å²) in [6, 6.07) is 13.0. The van der Waals surface area contributed by atoms with Crippen molar-refractivity contribution in [3.05, 3.63) is 59.2 Å². The van der Waals surface area contributed by atoms with E-state index >= 15 is 0 Å². The van der Waals surface area contributed by atoms with Gasteiger partial charge in [0.2, 0.25) is 5.95 Å². The van der Waals surface area contributed by atoms with E-state index in [4.69, 9.17) is 21.1 Å². The topological polar surface area (TPSA) is 81.2 Å². The van der Waals surface area contributed by atoms with Crippen LogP contribution < -0.4 is 20.1 Å². The second-order valence-electron chi connectivity index (χ2n) is 5.34. The van der Waals surface area contributed by atoms with Gasteiger partial charge in [-0.3, -0.25) is 0 Å². The van der Waals surface area contributed by atoms with Gasteiger partial charge in [-0.25, -0.2) is 0 Å². The van der Waals surface area contributed by atoms with Crippen LogP contribution in [0.4, 0.5) is 17.5 Å². The number of nitrogens with one attached hydrogen (secondary N) is 2. The molecule has 0 atom stereocenters. The van der Waals surface area contributed by atoms with Crippen molar-refractivity contribution in [3.8, 4) is 11.5 Å². The van der Waals surface area contributed by atoms with Crippen molar-refractivity contribution in [1.29, 1.82) is 0 Å². The summed E-state index contributed by atoms with van der Waals surface area (Å²) in [5, 5.41) is 14.9. The first-order chi connectivity index (χ1) is 12.7. The quantitative estimate of drug-likeness (QED) is 0.651. The van der Waals surface area contributed by atoms with Crippen molar-refractivity contribution in [2.24, 2.45) is 0 Å². The summed E-state index contributed by atoms with van der Waals surface area (Å²) in [5.74, 6) is 2.36. The SMILES string of the molecule is COc1ccc(CNc2cnnc(Nc3ccc(Cl)cc3)n2)cc1OC.